The molecular formula is C13H10ClN5O2. The lowest BCUT2D eigenvalue weighted by molar-refractivity contribution is -0.384. The predicted octanol–water partition coefficient (Wildman–Crippen LogP) is 2.83. The van der Waals surface area contributed by atoms with Crippen LogP contribution in [0.25, 0.3) is 0 Å². The van der Waals surface area contributed by atoms with Crippen molar-refractivity contribution in [2.45, 2.75) is 0 Å². The number of nitrogens with zero attached hydrogens (tertiary/aromatic N) is 3. The van der Waals surface area contributed by atoms with E-state index in [1.807, 2.05) is 0 Å². The third-order valence-corrected chi connectivity index (χ3v) is 2.68. The standard InChI is InChI=1S/C13H10ClN5O2/c1-2-7-15-12-11(19(20)21)8-16-13(18-12)17-10-5-3-9(14)4-6-10/h1,3-6,8H,7H2,(H2,15,16,17,18). The second-order valence-corrected chi connectivity index (χ2v) is 4.31. The summed E-state index contributed by atoms with van der Waals surface area (Å²) in [7, 11) is 0. The molecule has 0 saturated heterocycles. The molecule has 0 aliphatic rings. The quantitative estimate of drug-likeness (QED) is 0.501. The average molecular weight is 304 g/mol. The summed E-state index contributed by atoms with van der Waals surface area (Å²) in [5, 5.41) is 17.1. The minimum Gasteiger partial charge on any atom is -0.353 e. The number of anilines is 3. The van der Waals surface area contributed by atoms with Crippen LogP contribution in [0.4, 0.5) is 23.1 Å². The van der Waals surface area contributed by atoms with Gasteiger partial charge < -0.3 is 10.6 Å². The smallest absolute Gasteiger partial charge is 0.329 e. The molecular weight excluding hydrogens is 294 g/mol. The maximum Gasteiger partial charge on any atom is 0.329 e. The fourth-order valence-electron chi connectivity index (χ4n) is 1.50. The van der Waals surface area contributed by atoms with Crippen LogP contribution in [0.2, 0.25) is 5.02 Å². The lowest BCUT2D eigenvalue weighted by atomic mass is 10.3. The van der Waals surface area contributed by atoms with Gasteiger partial charge in [-0.2, -0.15) is 4.98 Å². The SMILES string of the molecule is C#CCNc1nc(Nc2ccc(Cl)cc2)ncc1[N+](=O)[O-]. The lowest BCUT2D eigenvalue weighted by Crippen LogP contribution is -2.07. The van der Waals surface area contributed by atoms with Crippen LogP contribution in [-0.2, 0) is 0 Å². The molecule has 0 aliphatic carbocycles. The lowest BCUT2D eigenvalue weighted by Gasteiger charge is -2.07. The number of rotatable bonds is 5. The van der Waals surface area contributed by atoms with Crippen LogP contribution in [0.15, 0.2) is 30.5 Å². The van der Waals surface area contributed by atoms with Crippen molar-refractivity contribution in [1.82, 2.24) is 9.97 Å². The fraction of sp³-hybridized carbons (Fsp3) is 0.0769. The number of halogens is 1. The molecule has 0 bridgehead atoms. The summed E-state index contributed by atoms with van der Waals surface area (Å²) < 4.78 is 0. The monoisotopic (exact) mass is 303 g/mol. The molecule has 106 valence electrons. The van der Waals surface area contributed by atoms with Crippen molar-refractivity contribution < 1.29 is 4.92 Å². The van der Waals surface area contributed by atoms with E-state index in [4.69, 9.17) is 18.0 Å². The zero-order chi connectivity index (χ0) is 15.2. The van der Waals surface area contributed by atoms with Gasteiger partial charge >= 0.3 is 5.69 Å². The zero-order valence-electron chi connectivity index (χ0n) is 10.7. The molecule has 0 spiro atoms. The van der Waals surface area contributed by atoms with Gasteiger partial charge in [-0.15, -0.1) is 6.42 Å². The highest BCUT2D eigenvalue weighted by Gasteiger charge is 2.16. The van der Waals surface area contributed by atoms with Crippen molar-refractivity contribution >= 4 is 34.7 Å². The zero-order valence-corrected chi connectivity index (χ0v) is 11.5. The van der Waals surface area contributed by atoms with Crippen LogP contribution in [0.3, 0.4) is 0 Å². The maximum atomic E-state index is 10.9. The molecule has 1 heterocycles. The summed E-state index contributed by atoms with van der Waals surface area (Å²) >= 11 is 5.79. The van der Waals surface area contributed by atoms with Gasteiger partial charge in [0.15, 0.2) is 0 Å². The first-order valence-electron chi connectivity index (χ1n) is 5.81. The van der Waals surface area contributed by atoms with Gasteiger partial charge in [-0.1, -0.05) is 17.5 Å². The van der Waals surface area contributed by atoms with E-state index in [9.17, 15) is 10.1 Å². The summed E-state index contributed by atoms with van der Waals surface area (Å²) in [6.07, 6.45) is 6.24. The Morgan fingerprint density at radius 1 is 1.38 bits per heavy atom. The van der Waals surface area contributed by atoms with E-state index in [0.717, 1.165) is 6.20 Å². The van der Waals surface area contributed by atoms with Crippen molar-refractivity contribution in [3.05, 3.63) is 45.6 Å². The van der Waals surface area contributed by atoms with Crippen molar-refractivity contribution in [2.75, 3.05) is 17.2 Å². The molecule has 0 atom stereocenters. The second kappa shape index (κ2) is 6.54. The van der Waals surface area contributed by atoms with E-state index < -0.39 is 4.92 Å². The van der Waals surface area contributed by atoms with Gasteiger partial charge in [-0.25, -0.2) is 4.98 Å². The Bertz CT molecular complexity index is 697. The van der Waals surface area contributed by atoms with Crippen molar-refractivity contribution in [2.24, 2.45) is 0 Å². The van der Waals surface area contributed by atoms with E-state index in [2.05, 4.69) is 26.5 Å². The van der Waals surface area contributed by atoms with Gasteiger partial charge in [0.2, 0.25) is 11.8 Å². The summed E-state index contributed by atoms with van der Waals surface area (Å²) in [6.45, 7) is 0.123. The molecule has 2 N–H and O–H groups in total. The number of nitro groups is 1. The second-order valence-electron chi connectivity index (χ2n) is 3.87. The number of hydrogen-bond donors (Lipinski definition) is 2. The van der Waals surface area contributed by atoms with Crippen LogP contribution in [0.5, 0.6) is 0 Å². The number of hydrogen-bond acceptors (Lipinski definition) is 6. The molecule has 1 aromatic heterocycles. The highest BCUT2D eigenvalue weighted by molar-refractivity contribution is 6.30. The maximum absolute atomic E-state index is 10.9. The first-order valence-corrected chi connectivity index (χ1v) is 6.19. The van der Waals surface area contributed by atoms with Crippen molar-refractivity contribution in [3.63, 3.8) is 0 Å². The van der Waals surface area contributed by atoms with Crippen molar-refractivity contribution in [1.29, 1.82) is 0 Å². The van der Waals surface area contributed by atoms with Gasteiger partial charge in [0.25, 0.3) is 0 Å². The first-order chi connectivity index (χ1) is 10.1. The number of nitrogens with one attached hydrogen (secondary N) is 2. The molecule has 8 heteroatoms. The van der Waals surface area contributed by atoms with Gasteiger partial charge in [0.1, 0.15) is 6.20 Å². The predicted molar refractivity (Wildman–Crippen MR) is 80.7 cm³/mol. The highest BCUT2D eigenvalue weighted by Crippen LogP contribution is 2.23. The molecule has 0 radical (unpaired) electrons. The number of aromatic nitrogens is 2. The highest BCUT2D eigenvalue weighted by atomic mass is 35.5. The Kier molecular flexibility index (Phi) is 4.53. The molecule has 0 aliphatic heterocycles. The summed E-state index contributed by atoms with van der Waals surface area (Å²) in [5.74, 6) is 2.60. The average Bonchev–Trinajstić information content (AvgIpc) is 2.47. The summed E-state index contributed by atoms with van der Waals surface area (Å²) in [4.78, 5) is 18.3. The van der Waals surface area contributed by atoms with Crippen molar-refractivity contribution in [3.8, 4) is 12.3 Å². The Balaban J connectivity index is 2.26. The van der Waals surface area contributed by atoms with Crippen LogP contribution < -0.4 is 10.6 Å². The Morgan fingerprint density at radius 2 is 2.10 bits per heavy atom. The summed E-state index contributed by atoms with van der Waals surface area (Å²) in [6, 6.07) is 6.88. The third kappa shape index (κ3) is 3.81. The van der Waals surface area contributed by atoms with Gasteiger partial charge in [-0.3, -0.25) is 10.1 Å². The van der Waals surface area contributed by atoms with Gasteiger partial charge in [-0.05, 0) is 24.3 Å². The minimum atomic E-state index is -0.578. The molecule has 2 aromatic rings. The first kappa shape index (κ1) is 14.6. The van der Waals surface area contributed by atoms with Crippen LogP contribution in [0, 0.1) is 22.5 Å². The largest absolute Gasteiger partial charge is 0.353 e. The third-order valence-electron chi connectivity index (χ3n) is 2.42. The van der Waals surface area contributed by atoms with E-state index in [1.165, 1.54) is 0 Å². The molecule has 21 heavy (non-hydrogen) atoms. The molecule has 0 fully saturated rings. The normalized spacial score (nSPS) is 9.71. The van der Waals surface area contributed by atoms with Gasteiger partial charge in [0, 0.05) is 10.7 Å². The molecule has 0 saturated carbocycles. The van der Waals surface area contributed by atoms with Crippen LogP contribution >= 0.6 is 11.6 Å². The van der Waals surface area contributed by atoms with Crippen LogP contribution in [-0.4, -0.2) is 21.4 Å². The fourth-order valence-corrected chi connectivity index (χ4v) is 1.62. The minimum absolute atomic E-state index is 0.0596. The van der Waals surface area contributed by atoms with E-state index >= 15 is 0 Å². The molecule has 7 nitrogen and oxygen atoms in total. The number of terminal acetylenes is 1. The Morgan fingerprint density at radius 3 is 2.71 bits per heavy atom. The molecule has 2 rings (SSSR count). The topological polar surface area (TPSA) is 93.0 Å². The number of benzene rings is 1. The Labute approximate surface area is 125 Å². The molecule has 1 aromatic carbocycles. The Hall–Kier alpha value is -2.85. The molecule has 0 unspecified atom stereocenters. The summed E-state index contributed by atoms with van der Waals surface area (Å²) in [5.41, 5.74) is 0.461. The molecule has 0 amide bonds. The van der Waals surface area contributed by atoms with E-state index in [0.29, 0.717) is 10.7 Å². The van der Waals surface area contributed by atoms with Gasteiger partial charge in [0.05, 0.1) is 11.5 Å². The van der Waals surface area contributed by atoms with E-state index in [-0.39, 0.29) is 24.0 Å². The van der Waals surface area contributed by atoms with Crippen LogP contribution in [0.1, 0.15) is 0 Å². The van der Waals surface area contributed by atoms with E-state index in [1.54, 1.807) is 24.3 Å².